The Kier molecular flexibility index (Phi) is 11.4. The van der Waals surface area contributed by atoms with Gasteiger partial charge in [0.1, 0.15) is 0 Å². The van der Waals surface area contributed by atoms with Gasteiger partial charge >= 0.3 is 11.9 Å². The summed E-state index contributed by atoms with van der Waals surface area (Å²) in [7, 11) is 0. The van der Waals surface area contributed by atoms with E-state index in [2.05, 4.69) is 20.8 Å². The van der Waals surface area contributed by atoms with Gasteiger partial charge in [-0.25, -0.2) is 0 Å². The Morgan fingerprint density at radius 3 is 1.85 bits per heavy atom. The minimum absolute atomic E-state index is 0.178. The monoisotopic (exact) mass is 288 g/mol. The molecule has 4 nitrogen and oxygen atoms in total. The second kappa shape index (κ2) is 10.7. The molecule has 0 bridgehead atoms. The molecule has 0 heterocycles. The number of hydrogen-bond acceptors (Lipinski definition) is 2. The highest BCUT2D eigenvalue weighted by atomic mass is 16.4. The maximum Gasteiger partial charge on any atom is 0.309 e. The van der Waals surface area contributed by atoms with Crippen LogP contribution in [0.15, 0.2) is 0 Å². The predicted molar refractivity (Wildman–Crippen MR) is 81.8 cm³/mol. The van der Waals surface area contributed by atoms with Gasteiger partial charge in [-0.2, -0.15) is 0 Å². The Morgan fingerprint density at radius 2 is 1.55 bits per heavy atom. The number of hydrogen-bond donors (Lipinski definition) is 2. The van der Waals surface area contributed by atoms with Crippen LogP contribution in [0.2, 0.25) is 0 Å². The third kappa shape index (κ3) is 12.0. The lowest BCUT2D eigenvalue weighted by atomic mass is 9.88. The van der Waals surface area contributed by atoms with Gasteiger partial charge in [0.15, 0.2) is 0 Å². The molecule has 120 valence electrons. The third-order valence-corrected chi connectivity index (χ3v) is 3.33. The second-order valence-corrected chi connectivity index (χ2v) is 6.50. The first-order valence-electron chi connectivity index (χ1n) is 7.50. The van der Waals surface area contributed by atoms with Crippen molar-refractivity contribution < 1.29 is 19.8 Å². The average molecular weight is 288 g/mol. The molecule has 20 heavy (non-hydrogen) atoms. The Balaban J connectivity index is 0. The van der Waals surface area contributed by atoms with Gasteiger partial charge in [-0.1, -0.05) is 47.0 Å². The second-order valence-electron chi connectivity index (χ2n) is 6.50. The molecule has 0 aromatic rings. The molecule has 0 saturated carbocycles. The Labute approximate surface area is 123 Å². The van der Waals surface area contributed by atoms with Gasteiger partial charge in [0.05, 0.1) is 11.3 Å². The number of rotatable bonds is 8. The molecule has 0 aromatic carbocycles. The number of carboxylic acids is 2. The first-order valence-corrected chi connectivity index (χ1v) is 7.50. The highest BCUT2D eigenvalue weighted by molar-refractivity contribution is 5.73. The molecule has 4 heteroatoms. The molecule has 1 atom stereocenters. The van der Waals surface area contributed by atoms with Crippen molar-refractivity contribution in [3.8, 4) is 0 Å². The minimum atomic E-state index is -0.694. The van der Waals surface area contributed by atoms with Crippen molar-refractivity contribution in [2.45, 2.75) is 73.6 Å². The van der Waals surface area contributed by atoms with Crippen molar-refractivity contribution >= 4 is 11.9 Å². The van der Waals surface area contributed by atoms with E-state index in [-0.39, 0.29) is 5.92 Å². The Hall–Kier alpha value is -1.06. The van der Waals surface area contributed by atoms with E-state index in [1.54, 1.807) is 20.8 Å². The molecule has 0 radical (unpaired) electrons. The highest BCUT2D eigenvalue weighted by Gasteiger charge is 2.25. The molecule has 1 unspecified atom stereocenters. The van der Waals surface area contributed by atoms with Crippen molar-refractivity contribution in [2.24, 2.45) is 17.3 Å². The molecule has 0 spiro atoms. The van der Waals surface area contributed by atoms with Crippen LogP contribution in [-0.4, -0.2) is 22.2 Å². The SMILES string of the molecule is CC(C)CCC(C)C(=O)O.CCCCC(C)(C)C(=O)O. The lowest BCUT2D eigenvalue weighted by Gasteiger charge is -2.17. The lowest BCUT2D eigenvalue weighted by molar-refractivity contribution is -0.147. The molecule has 0 aliphatic heterocycles. The lowest BCUT2D eigenvalue weighted by Crippen LogP contribution is -2.23. The number of unbranched alkanes of at least 4 members (excludes halogenated alkanes) is 1. The average Bonchev–Trinajstić information content (AvgIpc) is 2.33. The molecular weight excluding hydrogens is 256 g/mol. The van der Waals surface area contributed by atoms with Crippen LogP contribution < -0.4 is 0 Å². The number of carbonyl (C=O) groups is 2. The fourth-order valence-electron chi connectivity index (χ4n) is 1.43. The van der Waals surface area contributed by atoms with Crippen molar-refractivity contribution in [3.05, 3.63) is 0 Å². The van der Waals surface area contributed by atoms with Crippen LogP contribution in [0.1, 0.15) is 73.6 Å². The largest absolute Gasteiger partial charge is 0.481 e. The molecule has 2 N–H and O–H groups in total. The van der Waals surface area contributed by atoms with Crippen LogP contribution in [0.4, 0.5) is 0 Å². The minimum Gasteiger partial charge on any atom is -0.481 e. The fraction of sp³-hybridized carbons (Fsp3) is 0.875. The third-order valence-electron chi connectivity index (χ3n) is 3.33. The first kappa shape index (κ1) is 21.2. The van der Waals surface area contributed by atoms with Crippen molar-refractivity contribution in [1.29, 1.82) is 0 Å². The van der Waals surface area contributed by atoms with Gasteiger partial charge in [-0.3, -0.25) is 9.59 Å². The summed E-state index contributed by atoms with van der Waals surface area (Å²) in [4.78, 5) is 20.8. The molecule has 0 amide bonds. The van der Waals surface area contributed by atoms with Gasteiger partial charge in [0, 0.05) is 0 Å². The van der Waals surface area contributed by atoms with Gasteiger partial charge in [0.2, 0.25) is 0 Å². The molecule has 0 rings (SSSR count). The summed E-state index contributed by atoms with van der Waals surface area (Å²) in [5, 5.41) is 17.2. The summed E-state index contributed by atoms with van der Waals surface area (Å²) in [6, 6.07) is 0. The Bertz CT molecular complexity index is 282. The predicted octanol–water partition coefficient (Wildman–Crippen LogP) is 4.43. The van der Waals surface area contributed by atoms with Crippen LogP contribution in [0.25, 0.3) is 0 Å². The van der Waals surface area contributed by atoms with Crippen LogP contribution in [0.3, 0.4) is 0 Å². The zero-order valence-corrected chi connectivity index (χ0v) is 13.9. The van der Waals surface area contributed by atoms with Crippen molar-refractivity contribution in [2.75, 3.05) is 0 Å². The van der Waals surface area contributed by atoms with E-state index in [9.17, 15) is 9.59 Å². The van der Waals surface area contributed by atoms with Gasteiger partial charge in [0.25, 0.3) is 0 Å². The topological polar surface area (TPSA) is 74.6 Å². The zero-order chi connectivity index (χ0) is 16.3. The van der Waals surface area contributed by atoms with Crippen LogP contribution in [-0.2, 0) is 9.59 Å². The molecular formula is C16H32O4. The summed E-state index contributed by atoms with van der Waals surface area (Å²) < 4.78 is 0. The van der Waals surface area contributed by atoms with Gasteiger partial charge in [-0.15, -0.1) is 0 Å². The maximum atomic E-state index is 10.5. The molecule has 0 saturated heterocycles. The normalized spacial score (nSPS) is 12.6. The summed E-state index contributed by atoms with van der Waals surface area (Å²) in [6.07, 6.45) is 4.65. The Morgan fingerprint density at radius 1 is 1.05 bits per heavy atom. The summed E-state index contributed by atoms with van der Waals surface area (Å²) in [5.41, 5.74) is -0.532. The van der Waals surface area contributed by atoms with Gasteiger partial charge < -0.3 is 10.2 Å². The number of aliphatic carboxylic acids is 2. The van der Waals surface area contributed by atoms with E-state index in [0.29, 0.717) is 5.92 Å². The first-order chi connectivity index (χ1) is 9.04. The molecule has 0 aliphatic rings. The summed E-state index contributed by atoms with van der Waals surface area (Å²) in [5.74, 6) is -0.939. The van der Waals surface area contributed by atoms with E-state index < -0.39 is 17.4 Å². The molecule has 0 aromatic heterocycles. The van der Waals surface area contributed by atoms with Gasteiger partial charge in [-0.05, 0) is 32.6 Å². The summed E-state index contributed by atoms with van der Waals surface area (Å²) in [6.45, 7) is 11.6. The maximum absolute atomic E-state index is 10.5. The van der Waals surface area contributed by atoms with Crippen molar-refractivity contribution in [3.63, 3.8) is 0 Å². The van der Waals surface area contributed by atoms with Crippen molar-refractivity contribution in [1.82, 2.24) is 0 Å². The van der Waals surface area contributed by atoms with E-state index in [0.717, 1.165) is 32.1 Å². The smallest absolute Gasteiger partial charge is 0.309 e. The quantitative estimate of drug-likeness (QED) is 0.692. The molecule has 0 fully saturated rings. The van der Waals surface area contributed by atoms with E-state index >= 15 is 0 Å². The summed E-state index contributed by atoms with van der Waals surface area (Å²) >= 11 is 0. The zero-order valence-electron chi connectivity index (χ0n) is 13.9. The van der Waals surface area contributed by atoms with E-state index in [4.69, 9.17) is 10.2 Å². The standard InChI is InChI=1S/2C8H16O2/c1-6(2)4-5-7(3)8(9)10;1-4-5-6-8(2,3)7(9)10/h6-7H,4-5H2,1-3H3,(H,9,10);4-6H2,1-3H3,(H,9,10). The van der Waals surface area contributed by atoms with Crippen LogP contribution in [0, 0.1) is 17.3 Å². The number of carboxylic acid groups (broad SMARTS) is 2. The fourth-order valence-corrected chi connectivity index (χ4v) is 1.43. The van der Waals surface area contributed by atoms with E-state index in [1.165, 1.54) is 0 Å². The molecule has 0 aliphatic carbocycles. The van der Waals surface area contributed by atoms with Crippen LogP contribution >= 0.6 is 0 Å². The van der Waals surface area contributed by atoms with E-state index in [1.807, 2.05) is 0 Å². The van der Waals surface area contributed by atoms with Crippen LogP contribution in [0.5, 0.6) is 0 Å². The highest BCUT2D eigenvalue weighted by Crippen LogP contribution is 2.22.